The Labute approximate surface area is 216 Å². The summed E-state index contributed by atoms with van der Waals surface area (Å²) in [4.78, 5) is 24.6. The van der Waals surface area contributed by atoms with Crippen LogP contribution < -0.4 is 0 Å². The SMILES string of the molecule is O=C(c1ccc2c(C(C3CCC3)(N3CCCCCC3)N3CCCCCC3)c[nH]c2c1)N1CCOCC1. The van der Waals surface area contributed by atoms with Crippen LogP contribution in [0.15, 0.2) is 24.4 Å². The summed E-state index contributed by atoms with van der Waals surface area (Å²) in [6, 6.07) is 6.43. The van der Waals surface area contributed by atoms with Gasteiger partial charge in [0.2, 0.25) is 0 Å². The van der Waals surface area contributed by atoms with Crippen molar-refractivity contribution in [1.29, 1.82) is 0 Å². The summed E-state index contributed by atoms with van der Waals surface area (Å²) in [5, 5.41) is 1.31. The molecule has 0 atom stereocenters. The number of hydrogen-bond acceptors (Lipinski definition) is 4. The number of fused-ring (bicyclic) bond motifs is 1. The molecular weight excluding hydrogens is 448 g/mol. The van der Waals surface area contributed by atoms with Gasteiger partial charge in [-0.05, 0) is 56.6 Å². The predicted molar refractivity (Wildman–Crippen MR) is 144 cm³/mol. The Morgan fingerprint density at radius 2 is 1.42 bits per heavy atom. The Morgan fingerprint density at radius 1 is 0.806 bits per heavy atom. The number of nitrogens with zero attached hydrogens (tertiary/aromatic N) is 3. The molecule has 1 amide bonds. The van der Waals surface area contributed by atoms with Gasteiger partial charge in [0.05, 0.1) is 13.2 Å². The van der Waals surface area contributed by atoms with E-state index in [4.69, 9.17) is 4.74 Å². The zero-order valence-corrected chi connectivity index (χ0v) is 22.0. The van der Waals surface area contributed by atoms with Gasteiger partial charge in [-0.2, -0.15) is 0 Å². The minimum absolute atomic E-state index is 0.0269. The van der Waals surface area contributed by atoms with E-state index >= 15 is 0 Å². The highest BCUT2D eigenvalue weighted by molar-refractivity contribution is 5.98. The molecule has 3 saturated heterocycles. The number of benzene rings is 1. The number of rotatable bonds is 5. The van der Waals surface area contributed by atoms with E-state index in [1.54, 1.807) is 0 Å². The van der Waals surface area contributed by atoms with Gasteiger partial charge >= 0.3 is 0 Å². The van der Waals surface area contributed by atoms with Crippen LogP contribution in [0, 0.1) is 5.92 Å². The summed E-state index contributed by atoms with van der Waals surface area (Å²) in [5.41, 5.74) is 3.34. The lowest BCUT2D eigenvalue weighted by Gasteiger charge is -2.57. The smallest absolute Gasteiger partial charge is 0.254 e. The largest absolute Gasteiger partial charge is 0.378 e. The molecule has 3 aliphatic heterocycles. The second-order valence-corrected chi connectivity index (χ2v) is 11.5. The van der Waals surface area contributed by atoms with Crippen LogP contribution in [0.1, 0.15) is 86.6 Å². The molecule has 0 radical (unpaired) electrons. The number of carbonyl (C=O) groups is 1. The van der Waals surface area contributed by atoms with Crippen LogP contribution in [0.3, 0.4) is 0 Å². The number of aromatic amines is 1. The molecule has 1 saturated carbocycles. The van der Waals surface area contributed by atoms with Crippen LogP contribution in [0.2, 0.25) is 0 Å². The Bertz CT molecular complexity index is 1000. The van der Waals surface area contributed by atoms with Gasteiger partial charge in [0.15, 0.2) is 0 Å². The summed E-state index contributed by atoms with van der Waals surface area (Å²) in [5.74, 6) is 0.809. The van der Waals surface area contributed by atoms with E-state index in [2.05, 4.69) is 39.2 Å². The fraction of sp³-hybridized carbons (Fsp3) is 0.700. The highest BCUT2D eigenvalue weighted by Gasteiger charge is 2.52. The van der Waals surface area contributed by atoms with E-state index in [-0.39, 0.29) is 11.6 Å². The molecule has 1 N–H and O–H groups in total. The van der Waals surface area contributed by atoms with Crippen LogP contribution in [-0.4, -0.2) is 78.1 Å². The van der Waals surface area contributed by atoms with Crippen LogP contribution in [-0.2, 0) is 10.4 Å². The molecule has 4 heterocycles. The maximum atomic E-state index is 13.2. The first-order chi connectivity index (χ1) is 17.8. The summed E-state index contributed by atoms with van der Waals surface area (Å²) >= 11 is 0. The van der Waals surface area contributed by atoms with E-state index in [1.165, 1.54) is 108 Å². The number of amides is 1. The predicted octanol–water partition coefficient (Wildman–Crippen LogP) is 5.35. The van der Waals surface area contributed by atoms with E-state index in [1.807, 2.05) is 4.90 Å². The minimum atomic E-state index is -0.0269. The number of hydrogen-bond donors (Lipinski definition) is 1. The van der Waals surface area contributed by atoms with Crippen molar-refractivity contribution in [3.8, 4) is 0 Å². The highest BCUT2D eigenvalue weighted by atomic mass is 16.5. The minimum Gasteiger partial charge on any atom is -0.378 e. The van der Waals surface area contributed by atoms with Crippen molar-refractivity contribution in [3.63, 3.8) is 0 Å². The lowest BCUT2D eigenvalue weighted by atomic mass is 9.70. The van der Waals surface area contributed by atoms with Gasteiger partial charge in [0, 0.05) is 67.5 Å². The highest BCUT2D eigenvalue weighted by Crippen LogP contribution is 2.51. The van der Waals surface area contributed by atoms with Gasteiger partial charge < -0.3 is 14.6 Å². The molecule has 6 rings (SSSR count). The van der Waals surface area contributed by atoms with E-state index in [0.29, 0.717) is 32.2 Å². The van der Waals surface area contributed by atoms with Gasteiger partial charge in [0.25, 0.3) is 5.91 Å². The average Bonchev–Trinajstić information content (AvgIpc) is 3.07. The lowest BCUT2D eigenvalue weighted by Crippen LogP contribution is -2.64. The summed E-state index contributed by atoms with van der Waals surface area (Å²) in [6.07, 6.45) is 17.0. The van der Waals surface area contributed by atoms with Crippen molar-refractivity contribution in [3.05, 3.63) is 35.5 Å². The Balaban J connectivity index is 1.43. The fourth-order valence-corrected chi connectivity index (χ4v) is 7.42. The normalized spacial score (nSPS) is 23.8. The Hall–Kier alpha value is -1.89. The lowest BCUT2D eigenvalue weighted by molar-refractivity contribution is -0.128. The molecule has 1 aromatic carbocycles. The quantitative estimate of drug-likeness (QED) is 0.612. The molecule has 196 valence electrons. The number of nitrogens with one attached hydrogen (secondary N) is 1. The van der Waals surface area contributed by atoms with Gasteiger partial charge in [-0.1, -0.05) is 38.2 Å². The zero-order chi connectivity index (χ0) is 24.4. The maximum absolute atomic E-state index is 13.2. The van der Waals surface area contributed by atoms with Crippen LogP contribution in [0.5, 0.6) is 0 Å². The molecule has 1 aliphatic carbocycles. The first-order valence-corrected chi connectivity index (χ1v) is 14.8. The van der Waals surface area contributed by atoms with Gasteiger partial charge in [-0.15, -0.1) is 0 Å². The molecule has 6 heteroatoms. The maximum Gasteiger partial charge on any atom is 0.254 e. The second kappa shape index (κ2) is 10.8. The Kier molecular flexibility index (Phi) is 7.36. The number of H-pyrrole nitrogens is 1. The van der Waals surface area contributed by atoms with E-state index < -0.39 is 0 Å². The molecular formula is C30H44N4O2. The second-order valence-electron chi connectivity index (χ2n) is 11.5. The first-order valence-electron chi connectivity index (χ1n) is 14.8. The fourth-order valence-electron chi connectivity index (χ4n) is 7.42. The standard InChI is InChI=1S/C30H44N4O2/c35-29(32-18-20-36-21-19-32)24-12-13-26-27(23-31-28(26)22-24)30(25-10-9-11-25,33-14-5-1-2-6-15-33)34-16-7-3-4-8-17-34/h12-13,22-23,25,31H,1-11,14-21H2. The van der Waals surface area contributed by atoms with Crippen molar-refractivity contribution in [2.45, 2.75) is 76.3 Å². The molecule has 6 nitrogen and oxygen atoms in total. The summed E-state index contributed by atoms with van der Waals surface area (Å²) in [7, 11) is 0. The van der Waals surface area contributed by atoms with E-state index in [9.17, 15) is 4.79 Å². The third-order valence-corrected chi connectivity index (χ3v) is 9.47. The Morgan fingerprint density at radius 3 is 1.97 bits per heavy atom. The monoisotopic (exact) mass is 492 g/mol. The zero-order valence-electron chi connectivity index (χ0n) is 22.0. The van der Waals surface area contributed by atoms with Crippen molar-refractivity contribution in [2.75, 3.05) is 52.5 Å². The number of carbonyl (C=O) groups excluding carboxylic acids is 1. The molecule has 0 bridgehead atoms. The van der Waals surface area contributed by atoms with Gasteiger partial charge in [-0.25, -0.2) is 0 Å². The summed E-state index contributed by atoms with van der Waals surface area (Å²) in [6.45, 7) is 7.44. The molecule has 4 aliphatic rings. The van der Waals surface area contributed by atoms with Crippen molar-refractivity contribution in [1.82, 2.24) is 19.7 Å². The van der Waals surface area contributed by atoms with Gasteiger partial charge in [-0.3, -0.25) is 14.6 Å². The van der Waals surface area contributed by atoms with E-state index in [0.717, 1.165) is 11.1 Å². The molecule has 2 aromatic rings. The molecule has 0 spiro atoms. The van der Waals surface area contributed by atoms with Crippen LogP contribution in [0.4, 0.5) is 0 Å². The van der Waals surface area contributed by atoms with Crippen molar-refractivity contribution in [2.24, 2.45) is 5.92 Å². The molecule has 1 aromatic heterocycles. The number of aromatic nitrogens is 1. The number of likely N-dealkylation sites (tertiary alicyclic amines) is 2. The molecule has 36 heavy (non-hydrogen) atoms. The third-order valence-electron chi connectivity index (χ3n) is 9.47. The molecule has 4 fully saturated rings. The van der Waals surface area contributed by atoms with Gasteiger partial charge in [0.1, 0.15) is 5.66 Å². The van der Waals surface area contributed by atoms with Crippen molar-refractivity contribution < 1.29 is 9.53 Å². The number of ether oxygens (including phenoxy) is 1. The number of morpholine rings is 1. The average molecular weight is 493 g/mol. The van der Waals surface area contributed by atoms with Crippen LogP contribution in [0.25, 0.3) is 10.9 Å². The van der Waals surface area contributed by atoms with Crippen molar-refractivity contribution >= 4 is 16.8 Å². The first kappa shape index (κ1) is 24.4. The summed E-state index contributed by atoms with van der Waals surface area (Å²) < 4.78 is 5.46. The third kappa shape index (κ3) is 4.39. The molecule has 0 unspecified atom stereocenters. The van der Waals surface area contributed by atoms with Crippen LogP contribution >= 0.6 is 0 Å². The topological polar surface area (TPSA) is 51.8 Å².